The van der Waals surface area contributed by atoms with Gasteiger partial charge in [0.1, 0.15) is 0 Å². The van der Waals surface area contributed by atoms with Crippen molar-refractivity contribution in [3.05, 3.63) is 29.3 Å². The summed E-state index contributed by atoms with van der Waals surface area (Å²) in [4.78, 5) is 11.6. The van der Waals surface area contributed by atoms with Crippen molar-refractivity contribution >= 4 is 16.7 Å². The SMILES string of the molecule is CC(=O)NCCCS(=O)c1ccc2c(c1)CCC2. The number of amides is 1. The van der Waals surface area contributed by atoms with Crippen LogP contribution >= 0.6 is 0 Å². The average molecular weight is 265 g/mol. The Morgan fingerprint density at radius 3 is 2.89 bits per heavy atom. The van der Waals surface area contributed by atoms with Gasteiger partial charge in [-0.05, 0) is 48.9 Å². The second-order valence-electron chi connectivity index (χ2n) is 4.67. The monoisotopic (exact) mass is 265 g/mol. The van der Waals surface area contributed by atoms with E-state index in [0.717, 1.165) is 24.2 Å². The summed E-state index contributed by atoms with van der Waals surface area (Å²) in [6.45, 7) is 2.10. The first-order valence-electron chi connectivity index (χ1n) is 6.41. The summed E-state index contributed by atoms with van der Waals surface area (Å²) < 4.78 is 12.1. The number of rotatable bonds is 5. The van der Waals surface area contributed by atoms with Gasteiger partial charge in [-0.3, -0.25) is 9.00 Å². The molecule has 1 aliphatic rings. The van der Waals surface area contributed by atoms with Crippen LogP contribution in [0, 0.1) is 0 Å². The summed E-state index contributed by atoms with van der Waals surface area (Å²) >= 11 is 0. The van der Waals surface area contributed by atoms with Crippen LogP contribution in [0.1, 0.15) is 30.9 Å². The van der Waals surface area contributed by atoms with Gasteiger partial charge in [0.05, 0.1) is 10.8 Å². The molecule has 1 amide bonds. The van der Waals surface area contributed by atoms with Crippen molar-refractivity contribution in [2.24, 2.45) is 0 Å². The third-order valence-electron chi connectivity index (χ3n) is 3.21. The smallest absolute Gasteiger partial charge is 0.216 e. The van der Waals surface area contributed by atoms with E-state index in [9.17, 15) is 9.00 Å². The number of hydrogen-bond acceptors (Lipinski definition) is 2. The zero-order valence-electron chi connectivity index (χ0n) is 10.7. The Bertz CT molecular complexity index is 471. The van der Waals surface area contributed by atoms with Crippen LogP contribution in [0.5, 0.6) is 0 Å². The summed E-state index contributed by atoms with van der Waals surface area (Å²) in [6.07, 6.45) is 4.24. The Balaban J connectivity index is 1.87. The topological polar surface area (TPSA) is 46.2 Å². The molecule has 1 aromatic carbocycles. The van der Waals surface area contributed by atoms with E-state index < -0.39 is 10.8 Å². The molecule has 1 atom stereocenters. The highest BCUT2D eigenvalue weighted by Crippen LogP contribution is 2.24. The Labute approximate surface area is 110 Å². The van der Waals surface area contributed by atoms with Crippen molar-refractivity contribution in [1.29, 1.82) is 0 Å². The number of benzene rings is 1. The van der Waals surface area contributed by atoms with Crippen LogP contribution in [0.4, 0.5) is 0 Å². The van der Waals surface area contributed by atoms with Crippen molar-refractivity contribution in [2.75, 3.05) is 12.3 Å². The molecule has 0 aliphatic heterocycles. The van der Waals surface area contributed by atoms with Crippen LogP contribution in [0.2, 0.25) is 0 Å². The lowest BCUT2D eigenvalue weighted by Crippen LogP contribution is -2.22. The van der Waals surface area contributed by atoms with Crippen LogP contribution in [0.3, 0.4) is 0 Å². The minimum atomic E-state index is -0.942. The van der Waals surface area contributed by atoms with Crippen molar-refractivity contribution in [3.8, 4) is 0 Å². The molecular weight excluding hydrogens is 246 g/mol. The fourth-order valence-electron chi connectivity index (χ4n) is 2.28. The number of carbonyl (C=O) groups excluding carboxylic acids is 1. The summed E-state index contributed by atoms with van der Waals surface area (Å²) in [5.74, 6) is 0.581. The lowest BCUT2D eigenvalue weighted by Gasteiger charge is -2.05. The quantitative estimate of drug-likeness (QED) is 0.825. The molecule has 98 valence electrons. The van der Waals surface area contributed by atoms with Gasteiger partial charge >= 0.3 is 0 Å². The molecule has 3 nitrogen and oxygen atoms in total. The van der Waals surface area contributed by atoms with Crippen LogP contribution in [0.25, 0.3) is 0 Å². The van der Waals surface area contributed by atoms with E-state index in [2.05, 4.69) is 17.4 Å². The van der Waals surface area contributed by atoms with E-state index >= 15 is 0 Å². The van der Waals surface area contributed by atoms with Crippen LogP contribution in [-0.2, 0) is 28.4 Å². The Kier molecular flexibility index (Phi) is 4.53. The number of hydrogen-bond donors (Lipinski definition) is 1. The number of aryl methyl sites for hydroxylation is 2. The largest absolute Gasteiger partial charge is 0.356 e. The zero-order chi connectivity index (χ0) is 13.0. The number of carbonyl (C=O) groups is 1. The highest BCUT2D eigenvalue weighted by molar-refractivity contribution is 7.85. The molecular formula is C14H19NO2S. The highest BCUT2D eigenvalue weighted by Gasteiger charge is 2.13. The summed E-state index contributed by atoms with van der Waals surface area (Å²) in [5.41, 5.74) is 2.77. The van der Waals surface area contributed by atoms with Gasteiger partial charge in [0.2, 0.25) is 5.91 Å². The second-order valence-corrected chi connectivity index (χ2v) is 6.24. The maximum absolute atomic E-state index is 12.1. The van der Waals surface area contributed by atoms with E-state index in [4.69, 9.17) is 0 Å². The first kappa shape index (κ1) is 13.3. The van der Waals surface area contributed by atoms with E-state index in [-0.39, 0.29) is 5.91 Å². The lowest BCUT2D eigenvalue weighted by molar-refractivity contribution is -0.118. The highest BCUT2D eigenvalue weighted by atomic mass is 32.2. The van der Waals surface area contributed by atoms with E-state index in [1.54, 1.807) is 0 Å². The summed E-state index contributed by atoms with van der Waals surface area (Å²) in [7, 11) is -0.942. The Hall–Kier alpha value is -1.16. The fraction of sp³-hybridized carbons (Fsp3) is 0.500. The molecule has 4 heteroatoms. The van der Waals surface area contributed by atoms with Gasteiger partial charge in [-0.15, -0.1) is 0 Å². The molecule has 0 bridgehead atoms. The van der Waals surface area contributed by atoms with E-state index in [0.29, 0.717) is 12.3 Å². The number of fused-ring (bicyclic) bond motifs is 1. The minimum Gasteiger partial charge on any atom is -0.356 e. The molecule has 18 heavy (non-hydrogen) atoms. The predicted octanol–water partition coefficient (Wildman–Crippen LogP) is 1.81. The van der Waals surface area contributed by atoms with Crippen molar-refractivity contribution in [2.45, 2.75) is 37.5 Å². The van der Waals surface area contributed by atoms with Gasteiger partial charge in [0.15, 0.2) is 0 Å². The van der Waals surface area contributed by atoms with Crippen LogP contribution in [0.15, 0.2) is 23.1 Å². The van der Waals surface area contributed by atoms with E-state index in [1.807, 2.05) is 6.07 Å². The van der Waals surface area contributed by atoms with Crippen molar-refractivity contribution in [3.63, 3.8) is 0 Å². The molecule has 0 spiro atoms. The van der Waals surface area contributed by atoms with Crippen LogP contribution < -0.4 is 5.32 Å². The summed E-state index contributed by atoms with van der Waals surface area (Å²) in [6, 6.07) is 6.19. The third-order valence-corrected chi connectivity index (χ3v) is 4.65. The van der Waals surface area contributed by atoms with Crippen molar-refractivity contribution in [1.82, 2.24) is 5.32 Å². The maximum atomic E-state index is 12.1. The predicted molar refractivity (Wildman–Crippen MR) is 73.0 cm³/mol. The molecule has 2 rings (SSSR count). The third kappa shape index (κ3) is 3.42. The average Bonchev–Trinajstić information content (AvgIpc) is 2.81. The molecule has 0 aromatic heterocycles. The minimum absolute atomic E-state index is 0.0293. The zero-order valence-corrected chi connectivity index (χ0v) is 11.5. The first-order valence-corrected chi connectivity index (χ1v) is 7.73. The van der Waals surface area contributed by atoms with Gasteiger partial charge in [-0.2, -0.15) is 0 Å². The van der Waals surface area contributed by atoms with Gasteiger partial charge in [-0.1, -0.05) is 6.07 Å². The van der Waals surface area contributed by atoms with Gasteiger partial charge < -0.3 is 5.32 Å². The molecule has 0 fully saturated rings. The number of nitrogens with one attached hydrogen (secondary N) is 1. The lowest BCUT2D eigenvalue weighted by atomic mass is 10.1. The Morgan fingerprint density at radius 1 is 1.33 bits per heavy atom. The standard InChI is InChI=1S/C14H19NO2S/c1-11(16)15-8-3-9-18(17)14-7-6-12-4-2-5-13(12)10-14/h6-7,10H,2-5,8-9H2,1H3,(H,15,16). The molecule has 0 heterocycles. The molecule has 1 aliphatic carbocycles. The molecule has 1 aromatic rings. The second kappa shape index (κ2) is 6.14. The molecule has 0 radical (unpaired) electrons. The summed E-state index contributed by atoms with van der Waals surface area (Å²) in [5, 5.41) is 2.72. The normalized spacial score (nSPS) is 15.2. The van der Waals surface area contributed by atoms with Gasteiger partial charge in [-0.25, -0.2) is 0 Å². The first-order chi connectivity index (χ1) is 8.66. The molecule has 0 saturated carbocycles. The molecule has 0 saturated heterocycles. The van der Waals surface area contributed by atoms with Gasteiger partial charge in [0, 0.05) is 24.1 Å². The Morgan fingerprint density at radius 2 is 2.11 bits per heavy atom. The molecule has 1 unspecified atom stereocenters. The maximum Gasteiger partial charge on any atom is 0.216 e. The van der Waals surface area contributed by atoms with Gasteiger partial charge in [0.25, 0.3) is 0 Å². The van der Waals surface area contributed by atoms with Crippen LogP contribution in [-0.4, -0.2) is 22.4 Å². The fourth-order valence-corrected chi connectivity index (χ4v) is 3.41. The van der Waals surface area contributed by atoms with E-state index in [1.165, 1.54) is 24.5 Å². The van der Waals surface area contributed by atoms with Crippen molar-refractivity contribution < 1.29 is 9.00 Å². The molecule has 1 N–H and O–H groups in total.